The number of ether oxygens (including phenoxy) is 2. The third-order valence-corrected chi connectivity index (χ3v) is 10.3. The second kappa shape index (κ2) is 12.3. The summed E-state index contributed by atoms with van der Waals surface area (Å²) in [6.07, 6.45) is 5.83. The van der Waals surface area contributed by atoms with Gasteiger partial charge in [-0.25, -0.2) is 4.98 Å². The number of β-amino-alcohol motifs (C(OH)–C–C–N with tert-alkyl or cyclic N) is 1. The summed E-state index contributed by atoms with van der Waals surface area (Å²) in [5, 5.41) is 10.4. The molecule has 2 fully saturated rings. The third kappa shape index (κ3) is 5.86. The van der Waals surface area contributed by atoms with E-state index in [0.29, 0.717) is 5.41 Å². The Kier molecular flexibility index (Phi) is 8.56. The van der Waals surface area contributed by atoms with Crippen molar-refractivity contribution in [1.82, 2.24) is 14.8 Å². The second-order valence-electron chi connectivity index (χ2n) is 11.9. The van der Waals surface area contributed by atoms with E-state index >= 15 is 0 Å². The van der Waals surface area contributed by atoms with E-state index in [-0.39, 0.29) is 6.61 Å². The van der Waals surface area contributed by atoms with Gasteiger partial charge in [-0.2, -0.15) is 0 Å². The van der Waals surface area contributed by atoms with Crippen LogP contribution >= 0.6 is 11.3 Å². The number of aliphatic hydroxyl groups excluding tert-OH is 1. The zero-order valence-electron chi connectivity index (χ0n) is 24.1. The van der Waals surface area contributed by atoms with Gasteiger partial charge in [-0.3, -0.25) is 4.90 Å². The summed E-state index contributed by atoms with van der Waals surface area (Å²) in [5.41, 5.74) is 7.77. The molecule has 2 aromatic carbocycles. The lowest BCUT2D eigenvalue weighted by molar-refractivity contribution is 0.0657. The van der Waals surface area contributed by atoms with Crippen LogP contribution in [0.4, 0.5) is 0 Å². The number of nitrogens with zero attached hydrogens (tertiary/aromatic N) is 3. The summed E-state index contributed by atoms with van der Waals surface area (Å²) in [5.74, 6) is 0.982. The zero-order valence-corrected chi connectivity index (χ0v) is 24.9. The van der Waals surface area contributed by atoms with Crippen LogP contribution in [0.1, 0.15) is 47.4 Å². The van der Waals surface area contributed by atoms with Gasteiger partial charge in [0.2, 0.25) is 0 Å². The maximum atomic E-state index is 9.35. The summed E-state index contributed by atoms with van der Waals surface area (Å²) in [4.78, 5) is 11.3. The molecule has 0 aliphatic carbocycles. The van der Waals surface area contributed by atoms with Crippen LogP contribution in [0.15, 0.2) is 36.4 Å². The number of aliphatic hydroxyl groups is 1. The van der Waals surface area contributed by atoms with Crippen LogP contribution < -0.4 is 4.74 Å². The Hall–Kier alpha value is -2.29. The molecule has 0 bridgehead atoms. The number of hydrogen-bond donors (Lipinski definition) is 1. The van der Waals surface area contributed by atoms with Gasteiger partial charge >= 0.3 is 0 Å². The van der Waals surface area contributed by atoms with Crippen molar-refractivity contribution in [2.24, 2.45) is 5.41 Å². The average molecular weight is 562 g/mol. The van der Waals surface area contributed by atoms with E-state index in [9.17, 15) is 5.11 Å². The van der Waals surface area contributed by atoms with Crippen LogP contribution in [0, 0.1) is 19.3 Å². The first-order valence-corrected chi connectivity index (χ1v) is 15.8. The van der Waals surface area contributed by atoms with Crippen LogP contribution in [0.5, 0.6) is 5.75 Å². The van der Waals surface area contributed by atoms with Crippen molar-refractivity contribution in [2.75, 3.05) is 59.2 Å². The van der Waals surface area contributed by atoms with Gasteiger partial charge in [-0.1, -0.05) is 30.3 Å². The molecule has 1 atom stereocenters. The van der Waals surface area contributed by atoms with Crippen molar-refractivity contribution in [3.05, 3.63) is 58.1 Å². The smallest absolute Gasteiger partial charge is 0.124 e. The van der Waals surface area contributed by atoms with E-state index in [1.165, 1.54) is 70.7 Å². The zero-order chi connectivity index (χ0) is 27.5. The topological polar surface area (TPSA) is 58.1 Å². The molecule has 1 unspecified atom stereocenters. The molecule has 3 aliphatic heterocycles. The Balaban J connectivity index is 1.12. The highest BCUT2D eigenvalue weighted by molar-refractivity contribution is 7.15. The Labute approximate surface area is 242 Å². The van der Waals surface area contributed by atoms with Gasteiger partial charge in [0.15, 0.2) is 0 Å². The van der Waals surface area contributed by atoms with Crippen LogP contribution in [-0.2, 0) is 17.7 Å². The number of hydrogen-bond acceptors (Lipinski definition) is 7. The number of fused-ring (bicyclic) bond motifs is 1. The molecule has 0 amide bonds. The van der Waals surface area contributed by atoms with Gasteiger partial charge in [-0.15, -0.1) is 11.3 Å². The van der Waals surface area contributed by atoms with Crippen molar-refractivity contribution in [3.63, 3.8) is 0 Å². The summed E-state index contributed by atoms with van der Waals surface area (Å²) in [6, 6.07) is 13.0. The lowest BCUT2D eigenvalue weighted by Crippen LogP contribution is -2.44. The first-order chi connectivity index (χ1) is 19.5. The SMILES string of the molecule is Cc1c(OCCCN2CCCC3(CCOC3)C2)cccc1-c1cccc(-c2nc3c(s2)CN(CCO)CC3)c1C. The second-order valence-corrected chi connectivity index (χ2v) is 13.0. The Bertz CT molecular complexity index is 1320. The number of aromatic nitrogens is 1. The maximum Gasteiger partial charge on any atom is 0.124 e. The summed E-state index contributed by atoms with van der Waals surface area (Å²) in [7, 11) is 0. The minimum Gasteiger partial charge on any atom is -0.493 e. The predicted molar refractivity (Wildman–Crippen MR) is 162 cm³/mol. The van der Waals surface area contributed by atoms with Crippen LogP contribution in [0.3, 0.4) is 0 Å². The predicted octanol–water partition coefficient (Wildman–Crippen LogP) is 5.72. The number of piperidine rings is 1. The molecule has 0 saturated carbocycles. The number of thiazole rings is 1. The lowest BCUT2D eigenvalue weighted by Gasteiger charge is -2.39. The molecule has 1 spiro atoms. The van der Waals surface area contributed by atoms with E-state index in [1.807, 2.05) is 0 Å². The molecule has 4 heterocycles. The van der Waals surface area contributed by atoms with Crippen molar-refractivity contribution >= 4 is 11.3 Å². The van der Waals surface area contributed by atoms with Gasteiger partial charge in [0.1, 0.15) is 10.8 Å². The van der Waals surface area contributed by atoms with Gasteiger partial charge in [-0.05, 0) is 74.4 Å². The highest BCUT2D eigenvalue weighted by Crippen LogP contribution is 2.39. The molecule has 0 radical (unpaired) electrons. The molecular weight excluding hydrogens is 518 g/mol. The van der Waals surface area contributed by atoms with E-state index in [0.717, 1.165) is 69.6 Å². The Morgan fingerprint density at radius 3 is 2.65 bits per heavy atom. The fourth-order valence-electron chi connectivity index (χ4n) is 6.86. The highest BCUT2D eigenvalue weighted by Gasteiger charge is 2.38. The largest absolute Gasteiger partial charge is 0.493 e. The van der Waals surface area contributed by atoms with Crippen molar-refractivity contribution in [1.29, 1.82) is 0 Å². The fraction of sp³-hybridized carbons (Fsp3) is 0.545. The summed E-state index contributed by atoms with van der Waals surface area (Å²) in [6.45, 7) is 13.3. The molecule has 7 heteroatoms. The molecule has 6 nitrogen and oxygen atoms in total. The highest BCUT2D eigenvalue weighted by atomic mass is 32.1. The van der Waals surface area contributed by atoms with Crippen molar-refractivity contribution in [2.45, 2.75) is 52.5 Å². The van der Waals surface area contributed by atoms with E-state index in [1.54, 1.807) is 11.3 Å². The first kappa shape index (κ1) is 27.9. The van der Waals surface area contributed by atoms with E-state index in [2.05, 4.69) is 60.0 Å². The van der Waals surface area contributed by atoms with Gasteiger partial charge in [0, 0.05) is 61.6 Å². The molecule has 2 saturated heterocycles. The summed E-state index contributed by atoms with van der Waals surface area (Å²) >= 11 is 1.80. The molecular formula is C33H43N3O3S. The molecule has 3 aliphatic rings. The first-order valence-electron chi connectivity index (χ1n) is 15.0. The van der Waals surface area contributed by atoms with Crippen molar-refractivity contribution in [3.8, 4) is 27.4 Å². The molecule has 1 N–H and O–H groups in total. The average Bonchev–Trinajstić information content (AvgIpc) is 3.59. The van der Waals surface area contributed by atoms with Crippen molar-refractivity contribution < 1.29 is 14.6 Å². The molecule has 6 rings (SSSR count). The number of rotatable bonds is 9. The quantitative estimate of drug-likeness (QED) is 0.338. The Morgan fingerprint density at radius 1 is 1.00 bits per heavy atom. The van der Waals surface area contributed by atoms with Crippen LogP contribution in [0.25, 0.3) is 21.7 Å². The number of benzene rings is 2. The number of likely N-dealkylation sites (tertiary alicyclic amines) is 1. The monoisotopic (exact) mass is 561 g/mol. The lowest BCUT2D eigenvalue weighted by atomic mass is 9.79. The molecule has 40 heavy (non-hydrogen) atoms. The minimum absolute atomic E-state index is 0.208. The normalized spacial score (nSPS) is 21.7. The summed E-state index contributed by atoms with van der Waals surface area (Å²) < 4.78 is 12.1. The van der Waals surface area contributed by atoms with E-state index in [4.69, 9.17) is 14.5 Å². The van der Waals surface area contributed by atoms with Gasteiger partial charge in [0.25, 0.3) is 0 Å². The van der Waals surface area contributed by atoms with Gasteiger partial charge < -0.3 is 19.5 Å². The minimum atomic E-state index is 0.208. The maximum absolute atomic E-state index is 9.35. The Morgan fingerprint density at radius 2 is 1.82 bits per heavy atom. The third-order valence-electron chi connectivity index (χ3n) is 9.17. The van der Waals surface area contributed by atoms with Crippen LogP contribution in [0.2, 0.25) is 0 Å². The van der Waals surface area contributed by atoms with Crippen LogP contribution in [-0.4, -0.2) is 79.0 Å². The standard InChI is InChI=1S/C33H43N3O3S/c1-24-26(7-3-9-28(24)32-34-29-11-16-35(17-18-37)21-31(29)40-32)27-8-4-10-30(25(27)2)39-19-6-15-36-14-5-12-33(22-36)13-20-38-23-33/h3-4,7-10,37H,5-6,11-23H2,1-2H3. The van der Waals surface area contributed by atoms with E-state index < -0.39 is 0 Å². The molecule has 214 valence electrons. The van der Waals surface area contributed by atoms with Gasteiger partial charge in [0.05, 0.1) is 25.5 Å². The molecule has 3 aromatic rings. The fourth-order valence-corrected chi connectivity index (χ4v) is 8.09. The molecule has 1 aromatic heterocycles.